The van der Waals surface area contributed by atoms with Crippen LogP contribution in [0.3, 0.4) is 0 Å². The van der Waals surface area contributed by atoms with Crippen molar-refractivity contribution >= 4 is 50.5 Å². The lowest BCUT2D eigenvalue weighted by Crippen LogP contribution is -2.25. The van der Waals surface area contributed by atoms with Crippen molar-refractivity contribution in [1.29, 1.82) is 0 Å². The van der Waals surface area contributed by atoms with E-state index in [0.29, 0.717) is 35.6 Å². The summed E-state index contributed by atoms with van der Waals surface area (Å²) in [5.74, 6) is -0.529. The van der Waals surface area contributed by atoms with E-state index >= 15 is 0 Å². The number of halogens is 1. The molecule has 0 saturated carbocycles. The molecule has 2 N–H and O–H groups in total. The van der Waals surface area contributed by atoms with Crippen LogP contribution in [0.4, 0.5) is 17.1 Å². The van der Waals surface area contributed by atoms with Crippen molar-refractivity contribution in [2.24, 2.45) is 0 Å². The molecule has 1 saturated heterocycles. The predicted octanol–water partition coefficient (Wildman–Crippen LogP) is 3.09. The van der Waals surface area contributed by atoms with E-state index in [0.717, 1.165) is 0 Å². The van der Waals surface area contributed by atoms with Crippen LogP contribution in [0.5, 0.6) is 0 Å². The van der Waals surface area contributed by atoms with E-state index in [1.54, 1.807) is 30.3 Å². The minimum atomic E-state index is -3.32. The van der Waals surface area contributed by atoms with Gasteiger partial charge in [-0.25, -0.2) is 8.42 Å². The number of hydrogen-bond donors (Lipinski definition) is 2. The van der Waals surface area contributed by atoms with Crippen LogP contribution >= 0.6 is 11.6 Å². The van der Waals surface area contributed by atoms with E-state index in [9.17, 15) is 18.0 Å². The molecule has 7 nitrogen and oxygen atoms in total. The van der Waals surface area contributed by atoms with Gasteiger partial charge >= 0.3 is 0 Å². The number of benzene rings is 2. The normalized spacial score (nSPS) is 15.4. The fourth-order valence-electron chi connectivity index (χ4n) is 2.82. The highest BCUT2D eigenvalue weighted by Gasteiger charge is 2.28. The molecule has 2 amide bonds. The topological polar surface area (TPSA) is 95.6 Å². The minimum Gasteiger partial charge on any atom is -0.326 e. The maximum Gasteiger partial charge on any atom is 0.255 e. The largest absolute Gasteiger partial charge is 0.326 e. The zero-order chi connectivity index (χ0) is 19.6. The zero-order valence-corrected chi connectivity index (χ0v) is 16.1. The number of nitrogens with one attached hydrogen (secondary N) is 2. The summed E-state index contributed by atoms with van der Waals surface area (Å²) in [5, 5.41) is 5.57. The van der Waals surface area contributed by atoms with Gasteiger partial charge in [0.05, 0.1) is 22.2 Å². The summed E-state index contributed by atoms with van der Waals surface area (Å²) in [6, 6.07) is 11.2. The summed E-state index contributed by atoms with van der Waals surface area (Å²) in [6.07, 6.45) is 0.564. The molecule has 1 fully saturated rings. The number of nitrogens with zero attached hydrogens (tertiary/aromatic N) is 1. The average Bonchev–Trinajstić information content (AvgIpc) is 2.96. The van der Waals surface area contributed by atoms with Gasteiger partial charge in [0.2, 0.25) is 15.9 Å². The van der Waals surface area contributed by atoms with Crippen LogP contribution in [-0.2, 0) is 14.8 Å². The molecule has 0 aliphatic carbocycles. The van der Waals surface area contributed by atoms with Gasteiger partial charge in [0.15, 0.2) is 0 Å². The van der Waals surface area contributed by atoms with Crippen LogP contribution in [0.2, 0.25) is 5.02 Å². The molecule has 27 heavy (non-hydrogen) atoms. The first-order chi connectivity index (χ1) is 12.8. The molecule has 2 aromatic carbocycles. The Kier molecular flexibility index (Phi) is 5.38. The lowest BCUT2D eigenvalue weighted by Gasteiger charge is -2.17. The number of carbonyl (C=O) groups is 2. The Balaban J connectivity index is 1.79. The average molecular weight is 408 g/mol. The highest BCUT2D eigenvalue weighted by molar-refractivity contribution is 7.93. The van der Waals surface area contributed by atoms with Crippen molar-refractivity contribution in [1.82, 2.24) is 0 Å². The van der Waals surface area contributed by atoms with Crippen LogP contribution < -0.4 is 14.9 Å². The van der Waals surface area contributed by atoms with Gasteiger partial charge in [-0.3, -0.25) is 13.9 Å². The predicted molar refractivity (Wildman–Crippen MR) is 106 cm³/mol. The molecule has 1 aliphatic heterocycles. The van der Waals surface area contributed by atoms with E-state index in [1.165, 1.54) is 23.4 Å². The second-order valence-corrected chi connectivity index (χ2v) is 8.54. The number of anilines is 3. The third-order valence-electron chi connectivity index (χ3n) is 4.03. The van der Waals surface area contributed by atoms with E-state index in [4.69, 9.17) is 11.6 Å². The van der Waals surface area contributed by atoms with Gasteiger partial charge in [-0.15, -0.1) is 0 Å². The SMILES string of the molecule is CC(=O)Nc1ccc(NC(=O)c2cccc(N3CCCS3(=O)=O)c2)c(Cl)c1. The third kappa shape index (κ3) is 4.40. The van der Waals surface area contributed by atoms with Gasteiger partial charge in [-0.05, 0) is 42.8 Å². The summed E-state index contributed by atoms with van der Waals surface area (Å²) < 4.78 is 25.4. The van der Waals surface area contributed by atoms with Crippen LogP contribution in [-0.4, -0.2) is 32.5 Å². The molecule has 0 aromatic heterocycles. The molecule has 1 heterocycles. The Labute approximate surface area is 162 Å². The van der Waals surface area contributed by atoms with E-state index in [1.807, 2.05) is 0 Å². The minimum absolute atomic E-state index is 0.111. The summed E-state index contributed by atoms with van der Waals surface area (Å²) in [7, 11) is -3.32. The Morgan fingerprint density at radius 3 is 2.52 bits per heavy atom. The zero-order valence-electron chi connectivity index (χ0n) is 14.5. The van der Waals surface area contributed by atoms with Crippen molar-refractivity contribution in [2.45, 2.75) is 13.3 Å². The lowest BCUT2D eigenvalue weighted by atomic mass is 10.1. The fourth-order valence-corrected chi connectivity index (χ4v) is 4.61. The first kappa shape index (κ1) is 19.2. The molecule has 0 atom stereocenters. The molecule has 1 aliphatic rings. The molecular formula is C18H18ClN3O4S. The van der Waals surface area contributed by atoms with E-state index in [2.05, 4.69) is 10.6 Å². The highest BCUT2D eigenvalue weighted by Crippen LogP contribution is 2.28. The molecule has 2 aromatic rings. The van der Waals surface area contributed by atoms with Crippen molar-refractivity contribution in [3.63, 3.8) is 0 Å². The number of carbonyl (C=O) groups excluding carboxylic acids is 2. The number of amides is 2. The molecule has 0 unspecified atom stereocenters. The Hall–Kier alpha value is -2.58. The van der Waals surface area contributed by atoms with Crippen LogP contribution in [0.25, 0.3) is 0 Å². The van der Waals surface area contributed by atoms with Gasteiger partial charge in [0.25, 0.3) is 5.91 Å². The number of rotatable bonds is 4. The maximum atomic E-state index is 12.5. The van der Waals surface area contributed by atoms with Crippen molar-refractivity contribution in [3.8, 4) is 0 Å². The first-order valence-electron chi connectivity index (χ1n) is 8.25. The van der Waals surface area contributed by atoms with Crippen LogP contribution in [0.1, 0.15) is 23.7 Å². The monoisotopic (exact) mass is 407 g/mol. The standard InChI is InChI=1S/C18H18ClN3O4S/c1-12(23)20-14-6-7-17(16(19)11-14)21-18(24)13-4-2-5-15(10-13)22-8-3-9-27(22,25)26/h2,4-7,10-11H,3,8-9H2,1H3,(H,20,23)(H,21,24). The van der Waals surface area contributed by atoms with Gasteiger partial charge in [-0.2, -0.15) is 0 Å². The number of hydrogen-bond acceptors (Lipinski definition) is 4. The quantitative estimate of drug-likeness (QED) is 0.814. The summed E-state index contributed by atoms with van der Waals surface area (Å²) >= 11 is 6.16. The second-order valence-electron chi connectivity index (χ2n) is 6.12. The Morgan fingerprint density at radius 1 is 1.11 bits per heavy atom. The molecule has 3 rings (SSSR count). The summed E-state index contributed by atoms with van der Waals surface area (Å²) in [4.78, 5) is 23.6. The lowest BCUT2D eigenvalue weighted by molar-refractivity contribution is -0.114. The van der Waals surface area contributed by atoms with Gasteiger partial charge in [0.1, 0.15) is 0 Å². The maximum absolute atomic E-state index is 12.5. The number of sulfonamides is 1. The summed E-state index contributed by atoms with van der Waals surface area (Å²) in [6.45, 7) is 1.79. The van der Waals surface area contributed by atoms with Gasteiger partial charge < -0.3 is 10.6 Å². The molecule has 0 spiro atoms. The fraction of sp³-hybridized carbons (Fsp3) is 0.222. The second kappa shape index (κ2) is 7.58. The van der Waals surface area contributed by atoms with Crippen molar-refractivity contribution in [2.75, 3.05) is 27.2 Å². The first-order valence-corrected chi connectivity index (χ1v) is 10.2. The van der Waals surface area contributed by atoms with Crippen molar-refractivity contribution in [3.05, 3.63) is 53.1 Å². The van der Waals surface area contributed by atoms with Gasteiger partial charge in [0, 0.05) is 24.7 Å². The van der Waals surface area contributed by atoms with Gasteiger partial charge in [-0.1, -0.05) is 17.7 Å². The molecule has 0 bridgehead atoms. The van der Waals surface area contributed by atoms with E-state index < -0.39 is 15.9 Å². The highest BCUT2D eigenvalue weighted by atomic mass is 35.5. The molecule has 0 radical (unpaired) electrons. The van der Waals surface area contributed by atoms with E-state index in [-0.39, 0.29) is 16.7 Å². The Bertz CT molecular complexity index is 1010. The van der Waals surface area contributed by atoms with Crippen LogP contribution in [0.15, 0.2) is 42.5 Å². The summed E-state index contributed by atoms with van der Waals surface area (Å²) in [5.41, 5.74) is 1.69. The smallest absolute Gasteiger partial charge is 0.255 e. The third-order valence-corrected chi connectivity index (χ3v) is 6.22. The molecule has 142 valence electrons. The van der Waals surface area contributed by atoms with Crippen LogP contribution in [0, 0.1) is 0 Å². The Morgan fingerprint density at radius 2 is 1.89 bits per heavy atom. The molecule has 9 heteroatoms. The molecular weight excluding hydrogens is 390 g/mol. The van der Waals surface area contributed by atoms with Crippen molar-refractivity contribution < 1.29 is 18.0 Å².